The molecule has 1 unspecified atom stereocenters. The quantitative estimate of drug-likeness (QED) is 0.809. The van der Waals surface area contributed by atoms with E-state index in [-0.39, 0.29) is 17.8 Å². The van der Waals surface area contributed by atoms with Gasteiger partial charge in [-0.1, -0.05) is 0 Å². The maximum atomic E-state index is 12.9. The zero-order valence-electron chi connectivity index (χ0n) is 13.2. The van der Waals surface area contributed by atoms with Crippen molar-refractivity contribution < 1.29 is 14.0 Å². The van der Waals surface area contributed by atoms with Gasteiger partial charge in [-0.05, 0) is 37.6 Å². The van der Waals surface area contributed by atoms with Crippen LogP contribution in [0.2, 0.25) is 0 Å². The molecule has 3 amide bonds. The second kappa shape index (κ2) is 6.08. The number of rotatable bonds is 2. The van der Waals surface area contributed by atoms with E-state index in [2.05, 4.69) is 5.32 Å². The lowest BCUT2D eigenvalue weighted by molar-refractivity contribution is -0.137. The van der Waals surface area contributed by atoms with E-state index in [0.29, 0.717) is 38.3 Å². The molecular weight excluding hydrogens is 356 g/mol. The highest BCUT2D eigenvalue weighted by Crippen LogP contribution is 2.64. The van der Waals surface area contributed by atoms with Gasteiger partial charge in [-0.2, -0.15) is 0 Å². The molecule has 3 rings (SSSR count). The van der Waals surface area contributed by atoms with E-state index in [1.165, 1.54) is 24.3 Å². The third-order valence-electron chi connectivity index (χ3n) is 4.68. The fourth-order valence-corrected chi connectivity index (χ4v) is 3.53. The van der Waals surface area contributed by atoms with Gasteiger partial charge in [0.15, 0.2) is 0 Å². The maximum absolute atomic E-state index is 12.9. The number of piperazine rings is 1. The number of carbonyl (C=O) groups excluding carboxylic acids is 2. The Morgan fingerprint density at radius 3 is 2.08 bits per heavy atom. The summed E-state index contributed by atoms with van der Waals surface area (Å²) in [4.78, 5) is 28.0. The van der Waals surface area contributed by atoms with Crippen LogP contribution in [-0.4, -0.2) is 52.3 Å². The van der Waals surface area contributed by atoms with Gasteiger partial charge in [-0.15, -0.1) is 23.2 Å². The molecule has 1 atom stereocenters. The fraction of sp³-hybridized carbons (Fsp3) is 0.500. The van der Waals surface area contributed by atoms with Gasteiger partial charge in [0, 0.05) is 31.9 Å². The minimum Gasteiger partial charge on any atom is -0.339 e. The number of hydrogen-bond acceptors (Lipinski definition) is 2. The molecule has 0 radical (unpaired) electrons. The molecular formula is C16H18Cl2FN3O2. The number of urea groups is 1. The van der Waals surface area contributed by atoms with Crippen LogP contribution in [0.15, 0.2) is 24.3 Å². The Bertz CT molecular complexity index is 660. The molecule has 1 aliphatic carbocycles. The average Bonchev–Trinajstić information content (AvgIpc) is 3.08. The van der Waals surface area contributed by atoms with Crippen LogP contribution >= 0.6 is 23.2 Å². The van der Waals surface area contributed by atoms with Gasteiger partial charge in [0.05, 0.1) is 5.41 Å². The van der Waals surface area contributed by atoms with Gasteiger partial charge in [-0.3, -0.25) is 4.79 Å². The topological polar surface area (TPSA) is 52.7 Å². The summed E-state index contributed by atoms with van der Waals surface area (Å²) in [5.41, 5.74) is -0.200. The number of halogens is 3. The average molecular weight is 374 g/mol. The van der Waals surface area contributed by atoms with Crippen LogP contribution in [0.4, 0.5) is 14.9 Å². The Labute approximate surface area is 149 Å². The molecule has 130 valence electrons. The predicted molar refractivity (Wildman–Crippen MR) is 90.7 cm³/mol. The third kappa shape index (κ3) is 3.17. The largest absolute Gasteiger partial charge is 0.339 e. The van der Waals surface area contributed by atoms with Gasteiger partial charge >= 0.3 is 6.03 Å². The monoisotopic (exact) mass is 373 g/mol. The molecule has 1 N–H and O–H groups in total. The maximum Gasteiger partial charge on any atom is 0.321 e. The summed E-state index contributed by atoms with van der Waals surface area (Å²) in [5.74, 6) is -0.422. The molecule has 2 aliphatic rings. The first kappa shape index (κ1) is 17.3. The van der Waals surface area contributed by atoms with E-state index >= 15 is 0 Å². The summed E-state index contributed by atoms with van der Waals surface area (Å²) in [6.07, 6.45) is 0.452. The van der Waals surface area contributed by atoms with Crippen LogP contribution in [0.3, 0.4) is 0 Å². The number of alkyl halides is 2. The van der Waals surface area contributed by atoms with E-state index in [0.717, 1.165) is 0 Å². The highest BCUT2D eigenvalue weighted by atomic mass is 35.5. The van der Waals surface area contributed by atoms with Gasteiger partial charge in [0.25, 0.3) is 0 Å². The number of nitrogens with one attached hydrogen (secondary N) is 1. The van der Waals surface area contributed by atoms with Crippen molar-refractivity contribution in [2.45, 2.75) is 17.7 Å². The molecule has 24 heavy (non-hydrogen) atoms. The normalized spacial score (nSPS) is 25.3. The Balaban J connectivity index is 1.52. The van der Waals surface area contributed by atoms with Crippen molar-refractivity contribution in [2.24, 2.45) is 5.41 Å². The van der Waals surface area contributed by atoms with E-state index in [4.69, 9.17) is 23.2 Å². The van der Waals surface area contributed by atoms with Gasteiger partial charge in [-0.25, -0.2) is 9.18 Å². The summed E-state index contributed by atoms with van der Waals surface area (Å²) < 4.78 is 11.9. The molecule has 1 saturated heterocycles. The van der Waals surface area contributed by atoms with Crippen LogP contribution < -0.4 is 5.32 Å². The highest BCUT2D eigenvalue weighted by Gasteiger charge is 2.68. The van der Waals surface area contributed by atoms with Crippen molar-refractivity contribution in [3.63, 3.8) is 0 Å². The van der Waals surface area contributed by atoms with Crippen molar-refractivity contribution >= 4 is 40.8 Å². The Morgan fingerprint density at radius 1 is 1.08 bits per heavy atom. The second-order valence-corrected chi connectivity index (χ2v) is 7.91. The zero-order chi connectivity index (χ0) is 17.5. The van der Waals surface area contributed by atoms with Crippen molar-refractivity contribution in [1.29, 1.82) is 0 Å². The number of hydrogen-bond donors (Lipinski definition) is 1. The molecule has 0 bridgehead atoms. The van der Waals surface area contributed by atoms with Crippen molar-refractivity contribution in [3.05, 3.63) is 30.1 Å². The molecule has 5 nitrogen and oxygen atoms in total. The van der Waals surface area contributed by atoms with Crippen LogP contribution in [0.5, 0.6) is 0 Å². The molecule has 1 aromatic carbocycles. The number of nitrogens with zero attached hydrogens (tertiary/aromatic N) is 2. The van der Waals surface area contributed by atoms with Gasteiger partial charge in [0.2, 0.25) is 5.91 Å². The van der Waals surface area contributed by atoms with Crippen LogP contribution in [0.25, 0.3) is 0 Å². The van der Waals surface area contributed by atoms with E-state index < -0.39 is 9.75 Å². The number of benzene rings is 1. The highest BCUT2D eigenvalue weighted by molar-refractivity contribution is 6.53. The molecule has 0 aromatic heterocycles. The van der Waals surface area contributed by atoms with E-state index in [1.54, 1.807) is 16.7 Å². The van der Waals surface area contributed by atoms with Crippen LogP contribution in [0, 0.1) is 11.2 Å². The fourth-order valence-electron chi connectivity index (χ4n) is 2.83. The Morgan fingerprint density at radius 2 is 1.58 bits per heavy atom. The smallest absolute Gasteiger partial charge is 0.321 e. The number of carbonyl (C=O) groups is 2. The van der Waals surface area contributed by atoms with E-state index in [1.807, 2.05) is 0 Å². The third-order valence-corrected chi connectivity index (χ3v) is 5.78. The molecule has 0 spiro atoms. The standard InChI is InChI=1S/C16H18Cl2FN3O2/c1-15(10-16(15,17)18)13(23)21-6-8-22(9-7-21)14(24)20-12-4-2-11(19)3-5-12/h2-5H,6-10H2,1H3,(H,20,24). The zero-order valence-corrected chi connectivity index (χ0v) is 14.7. The molecule has 8 heteroatoms. The van der Waals surface area contributed by atoms with Gasteiger partial charge in [0.1, 0.15) is 10.2 Å². The van der Waals surface area contributed by atoms with Crippen molar-refractivity contribution in [3.8, 4) is 0 Å². The predicted octanol–water partition coefficient (Wildman–Crippen LogP) is 3.09. The van der Waals surface area contributed by atoms with Crippen molar-refractivity contribution in [2.75, 3.05) is 31.5 Å². The molecule has 2 fully saturated rings. The molecule has 1 aromatic rings. The molecule has 1 heterocycles. The number of anilines is 1. The number of amides is 3. The second-order valence-electron chi connectivity index (χ2n) is 6.43. The minimum atomic E-state index is -0.985. The summed E-state index contributed by atoms with van der Waals surface area (Å²) in [6.45, 7) is 3.49. The first-order valence-corrected chi connectivity index (χ1v) is 8.47. The van der Waals surface area contributed by atoms with Crippen molar-refractivity contribution in [1.82, 2.24) is 9.80 Å². The minimum absolute atomic E-state index is 0.0638. The molecule has 1 aliphatic heterocycles. The summed E-state index contributed by atoms with van der Waals surface area (Å²) in [5, 5.41) is 2.71. The first-order chi connectivity index (χ1) is 11.2. The van der Waals surface area contributed by atoms with Gasteiger partial charge < -0.3 is 15.1 Å². The van der Waals surface area contributed by atoms with Crippen LogP contribution in [-0.2, 0) is 4.79 Å². The first-order valence-electron chi connectivity index (χ1n) is 7.72. The lowest BCUT2D eigenvalue weighted by Gasteiger charge is -2.36. The summed E-state index contributed by atoms with van der Waals surface area (Å²) in [6, 6.07) is 5.30. The van der Waals surface area contributed by atoms with E-state index in [9.17, 15) is 14.0 Å². The lowest BCUT2D eigenvalue weighted by atomic mass is 10.1. The molecule has 1 saturated carbocycles. The SMILES string of the molecule is CC1(C(=O)N2CCN(C(=O)Nc3ccc(F)cc3)CC2)CC1(Cl)Cl. The summed E-state index contributed by atoms with van der Waals surface area (Å²) in [7, 11) is 0. The summed E-state index contributed by atoms with van der Waals surface area (Å²) >= 11 is 12.1. The lowest BCUT2D eigenvalue weighted by Crippen LogP contribution is -2.53. The Hall–Kier alpha value is -1.53. The van der Waals surface area contributed by atoms with Crippen LogP contribution in [0.1, 0.15) is 13.3 Å². The Kier molecular flexibility index (Phi) is 4.38.